The van der Waals surface area contributed by atoms with Gasteiger partial charge in [0.1, 0.15) is 10.7 Å². The van der Waals surface area contributed by atoms with Crippen molar-refractivity contribution < 1.29 is 13.2 Å². The highest BCUT2D eigenvalue weighted by Crippen LogP contribution is 2.35. The van der Waals surface area contributed by atoms with Crippen LogP contribution in [-0.4, -0.2) is 63.3 Å². The molecule has 0 aromatic carbocycles. The molecule has 0 unspecified atom stereocenters. The number of carbonyl (C=O) groups is 1. The number of rotatable bonds is 4. The first-order chi connectivity index (χ1) is 14.8. The average Bonchev–Trinajstić information content (AvgIpc) is 3.12. The Morgan fingerprint density at radius 2 is 1.74 bits per heavy atom. The van der Waals surface area contributed by atoms with E-state index >= 15 is 0 Å². The summed E-state index contributed by atoms with van der Waals surface area (Å²) >= 11 is 0. The maximum Gasteiger partial charge on any atom is 0.257 e. The van der Waals surface area contributed by atoms with Gasteiger partial charge in [0.2, 0.25) is 10.0 Å². The fourth-order valence-corrected chi connectivity index (χ4v) is 6.60. The van der Waals surface area contributed by atoms with Crippen LogP contribution in [0.5, 0.6) is 0 Å². The Kier molecular flexibility index (Phi) is 6.11. The zero-order valence-corrected chi connectivity index (χ0v) is 19.2. The summed E-state index contributed by atoms with van der Waals surface area (Å²) in [5.74, 6) is 0.413. The van der Waals surface area contributed by atoms with Gasteiger partial charge in [0.25, 0.3) is 5.91 Å². The number of aromatic nitrogens is 4. The number of H-pyrrole nitrogens is 1. The Morgan fingerprint density at radius 1 is 1.03 bits per heavy atom. The molecule has 2 aliphatic heterocycles. The van der Waals surface area contributed by atoms with Gasteiger partial charge in [-0.15, -0.1) is 0 Å². The highest BCUT2D eigenvalue weighted by Gasteiger charge is 2.38. The summed E-state index contributed by atoms with van der Waals surface area (Å²) in [6.45, 7) is 7.14. The van der Waals surface area contributed by atoms with Crippen molar-refractivity contribution in [2.75, 3.05) is 19.6 Å². The van der Waals surface area contributed by atoms with E-state index in [1.54, 1.807) is 27.0 Å². The monoisotopic (exact) mass is 446 g/mol. The fraction of sp³-hybridized carbons (Fsp3) is 0.619. The van der Waals surface area contributed by atoms with Crippen molar-refractivity contribution in [2.45, 2.75) is 70.2 Å². The predicted octanol–water partition coefficient (Wildman–Crippen LogP) is 2.67. The number of aromatic amines is 1. The number of amides is 1. The number of piperidine rings is 2. The van der Waals surface area contributed by atoms with Gasteiger partial charge < -0.3 is 4.90 Å². The van der Waals surface area contributed by atoms with E-state index in [2.05, 4.69) is 20.2 Å². The molecule has 1 atom stereocenters. The second-order valence-corrected chi connectivity index (χ2v) is 10.3. The lowest BCUT2D eigenvalue weighted by Crippen LogP contribution is -2.40. The summed E-state index contributed by atoms with van der Waals surface area (Å²) in [7, 11) is -3.75. The van der Waals surface area contributed by atoms with Crippen LogP contribution in [0.25, 0.3) is 0 Å². The van der Waals surface area contributed by atoms with Gasteiger partial charge in [-0.2, -0.15) is 9.40 Å². The van der Waals surface area contributed by atoms with Crippen LogP contribution in [0.15, 0.2) is 11.1 Å². The zero-order chi connectivity index (χ0) is 22.2. The Balaban J connectivity index is 1.64. The lowest BCUT2D eigenvalue weighted by Gasteiger charge is -2.34. The van der Waals surface area contributed by atoms with Gasteiger partial charge in [0, 0.05) is 25.8 Å². The van der Waals surface area contributed by atoms with Crippen LogP contribution >= 0.6 is 0 Å². The molecule has 9 nitrogen and oxygen atoms in total. The molecular formula is C21H30N6O3S. The van der Waals surface area contributed by atoms with Gasteiger partial charge in [0.15, 0.2) is 0 Å². The highest BCUT2D eigenvalue weighted by molar-refractivity contribution is 7.89. The van der Waals surface area contributed by atoms with Crippen molar-refractivity contribution in [3.05, 3.63) is 34.7 Å². The Morgan fingerprint density at radius 3 is 2.39 bits per heavy atom. The third-order valence-electron chi connectivity index (χ3n) is 6.25. The second-order valence-electron chi connectivity index (χ2n) is 8.47. The average molecular weight is 447 g/mol. The number of nitrogens with zero attached hydrogens (tertiary/aromatic N) is 5. The number of hydrogen-bond acceptors (Lipinski definition) is 6. The normalized spacial score (nSPS) is 20.7. The van der Waals surface area contributed by atoms with Gasteiger partial charge in [-0.3, -0.25) is 9.89 Å². The van der Waals surface area contributed by atoms with Gasteiger partial charge in [-0.1, -0.05) is 6.42 Å². The molecule has 168 valence electrons. The molecule has 2 aromatic rings. The van der Waals surface area contributed by atoms with Gasteiger partial charge in [-0.25, -0.2) is 18.4 Å². The first-order valence-electron chi connectivity index (χ1n) is 11.0. The number of sulfonamides is 1. The summed E-state index contributed by atoms with van der Waals surface area (Å²) in [5.41, 5.74) is 2.08. The maximum absolute atomic E-state index is 13.5. The van der Waals surface area contributed by atoms with Crippen molar-refractivity contribution >= 4 is 15.9 Å². The molecule has 0 spiro atoms. The highest BCUT2D eigenvalue weighted by atomic mass is 32.2. The molecule has 0 radical (unpaired) electrons. The molecule has 1 amide bonds. The topological polar surface area (TPSA) is 112 Å². The Hall–Kier alpha value is -2.33. The molecule has 0 aliphatic carbocycles. The van der Waals surface area contributed by atoms with E-state index in [4.69, 9.17) is 0 Å². The van der Waals surface area contributed by atoms with E-state index in [9.17, 15) is 13.2 Å². The number of likely N-dealkylation sites (tertiary alicyclic amines) is 1. The summed E-state index contributed by atoms with van der Waals surface area (Å²) in [5, 5.41) is 6.83. The summed E-state index contributed by atoms with van der Waals surface area (Å²) < 4.78 is 28.5. The lowest BCUT2D eigenvalue weighted by atomic mass is 10.0. The third kappa shape index (κ3) is 4.10. The van der Waals surface area contributed by atoms with E-state index in [1.165, 1.54) is 4.31 Å². The fourth-order valence-electron chi connectivity index (χ4n) is 4.61. The molecule has 10 heteroatoms. The molecular weight excluding hydrogens is 416 g/mol. The molecule has 4 heterocycles. The van der Waals surface area contributed by atoms with Gasteiger partial charge >= 0.3 is 0 Å². The zero-order valence-electron chi connectivity index (χ0n) is 18.4. The standard InChI is InChI=1S/C21H30N6O3S/c1-14-17(21(28)26-10-6-4-7-11-26)13-22-20(23-14)18-9-5-8-12-27(18)31(29,30)19-15(2)24-25-16(19)3/h13,18H,4-12H2,1-3H3,(H,24,25)/t18-/m0/s1. The number of nitrogens with one attached hydrogen (secondary N) is 1. The summed E-state index contributed by atoms with van der Waals surface area (Å²) in [6, 6.07) is -0.453. The third-order valence-corrected chi connectivity index (χ3v) is 8.42. The molecule has 2 aliphatic rings. The Labute approximate surface area is 183 Å². The van der Waals surface area contributed by atoms with E-state index in [1.807, 2.05) is 4.90 Å². The van der Waals surface area contributed by atoms with Crippen molar-refractivity contribution in [1.82, 2.24) is 29.4 Å². The minimum atomic E-state index is -3.75. The minimum Gasteiger partial charge on any atom is -0.339 e. The van der Waals surface area contributed by atoms with Crippen molar-refractivity contribution in [1.29, 1.82) is 0 Å². The van der Waals surface area contributed by atoms with E-state index in [0.29, 0.717) is 41.4 Å². The summed E-state index contributed by atoms with van der Waals surface area (Å²) in [6.07, 6.45) is 7.10. The maximum atomic E-state index is 13.5. The molecule has 2 aromatic heterocycles. The first kappa shape index (κ1) is 21.9. The molecule has 2 saturated heterocycles. The SMILES string of the molecule is Cc1nc([C@@H]2CCCCN2S(=O)(=O)c2c(C)n[nH]c2C)ncc1C(=O)N1CCCCC1. The van der Waals surface area contributed by atoms with Crippen LogP contribution in [0, 0.1) is 20.8 Å². The molecule has 0 saturated carbocycles. The predicted molar refractivity (Wildman–Crippen MR) is 115 cm³/mol. The number of carbonyl (C=O) groups excluding carboxylic acids is 1. The van der Waals surface area contributed by atoms with E-state index < -0.39 is 16.1 Å². The molecule has 0 bridgehead atoms. The molecule has 2 fully saturated rings. The first-order valence-corrected chi connectivity index (χ1v) is 12.4. The Bertz CT molecular complexity index is 1060. The van der Waals surface area contributed by atoms with Crippen LogP contribution in [0.3, 0.4) is 0 Å². The second kappa shape index (κ2) is 8.66. The van der Waals surface area contributed by atoms with Crippen LogP contribution in [0.2, 0.25) is 0 Å². The summed E-state index contributed by atoms with van der Waals surface area (Å²) in [4.78, 5) is 24.1. The van der Waals surface area contributed by atoms with Crippen LogP contribution < -0.4 is 0 Å². The molecule has 1 N–H and O–H groups in total. The number of aryl methyl sites for hydroxylation is 3. The van der Waals surface area contributed by atoms with Gasteiger partial charge in [0.05, 0.1) is 28.7 Å². The lowest BCUT2D eigenvalue weighted by molar-refractivity contribution is 0.0722. The van der Waals surface area contributed by atoms with Gasteiger partial charge in [-0.05, 0) is 52.9 Å². The van der Waals surface area contributed by atoms with E-state index in [-0.39, 0.29) is 10.8 Å². The van der Waals surface area contributed by atoms with Crippen LogP contribution in [0.4, 0.5) is 0 Å². The van der Waals surface area contributed by atoms with Crippen molar-refractivity contribution in [2.24, 2.45) is 0 Å². The molecule has 31 heavy (non-hydrogen) atoms. The van der Waals surface area contributed by atoms with Crippen molar-refractivity contribution in [3.63, 3.8) is 0 Å². The smallest absolute Gasteiger partial charge is 0.257 e. The number of hydrogen-bond donors (Lipinski definition) is 1. The quantitative estimate of drug-likeness (QED) is 0.773. The van der Waals surface area contributed by atoms with Crippen LogP contribution in [0.1, 0.15) is 77.8 Å². The minimum absolute atomic E-state index is 0.0403. The van der Waals surface area contributed by atoms with Crippen molar-refractivity contribution in [3.8, 4) is 0 Å². The van der Waals surface area contributed by atoms with Crippen LogP contribution in [-0.2, 0) is 10.0 Å². The largest absolute Gasteiger partial charge is 0.339 e. The molecule has 4 rings (SSSR count). The van der Waals surface area contributed by atoms with E-state index in [0.717, 1.165) is 45.2 Å².